The highest BCUT2D eigenvalue weighted by Gasteiger charge is 2.52. The van der Waals surface area contributed by atoms with E-state index in [1.54, 1.807) is 32.9 Å². The number of halogens is 1. The summed E-state index contributed by atoms with van der Waals surface area (Å²) in [7, 11) is -3.91. The number of hydrogen-bond acceptors (Lipinski definition) is 6. The standard InChI is InChI=1S/C27H31FN4O5S/c1-27(2,3)37-26(34)32-21-10-9-19(12-21)24(32)25(33)31-20(15-29)11-18-8-7-17(14-23(18)28)16-5-4-6-22(13-16)38(30,35)36/h4-8,13-14,19-21,24H,9-12H2,1-3H3,(H,31,33)(H2,30,35,36). The van der Waals surface area contributed by atoms with E-state index >= 15 is 4.39 Å². The van der Waals surface area contributed by atoms with Gasteiger partial charge in [-0.2, -0.15) is 5.26 Å². The van der Waals surface area contributed by atoms with Crippen molar-refractivity contribution in [2.24, 2.45) is 11.1 Å². The van der Waals surface area contributed by atoms with Crippen molar-refractivity contribution in [3.8, 4) is 17.2 Å². The fourth-order valence-corrected chi connectivity index (χ4v) is 5.81. The van der Waals surface area contributed by atoms with Crippen LogP contribution in [0.1, 0.15) is 45.6 Å². The fourth-order valence-electron chi connectivity index (χ4n) is 5.25. The van der Waals surface area contributed by atoms with Crippen LogP contribution in [-0.2, 0) is 26.0 Å². The van der Waals surface area contributed by atoms with Gasteiger partial charge >= 0.3 is 6.09 Å². The van der Waals surface area contributed by atoms with Gasteiger partial charge in [0.25, 0.3) is 0 Å². The molecule has 11 heteroatoms. The van der Waals surface area contributed by atoms with E-state index in [0.717, 1.165) is 12.8 Å². The maximum absolute atomic E-state index is 15.0. The molecule has 0 aromatic heterocycles. The minimum atomic E-state index is -3.91. The van der Waals surface area contributed by atoms with Crippen LogP contribution in [0.2, 0.25) is 0 Å². The number of hydrogen-bond donors (Lipinski definition) is 2. The van der Waals surface area contributed by atoms with Crippen LogP contribution in [-0.4, -0.2) is 49.0 Å². The summed E-state index contributed by atoms with van der Waals surface area (Å²) in [5, 5.41) is 17.6. The average molecular weight is 543 g/mol. The number of piperidine rings is 1. The second kappa shape index (κ2) is 10.3. The van der Waals surface area contributed by atoms with E-state index in [0.29, 0.717) is 17.5 Å². The molecule has 2 aromatic rings. The van der Waals surface area contributed by atoms with Crippen LogP contribution in [0.3, 0.4) is 0 Å². The monoisotopic (exact) mass is 542 g/mol. The molecule has 4 rings (SSSR count). The van der Waals surface area contributed by atoms with Crippen molar-refractivity contribution in [1.29, 1.82) is 5.26 Å². The van der Waals surface area contributed by atoms with Crippen molar-refractivity contribution in [3.05, 3.63) is 53.8 Å². The lowest BCUT2D eigenvalue weighted by atomic mass is 9.97. The third kappa shape index (κ3) is 5.97. The summed E-state index contributed by atoms with van der Waals surface area (Å²) in [6.07, 6.45) is 1.68. The Balaban J connectivity index is 1.47. The summed E-state index contributed by atoms with van der Waals surface area (Å²) in [5.74, 6) is -1.07. The van der Waals surface area contributed by atoms with Gasteiger partial charge in [0, 0.05) is 12.5 Å². The Hall–Kier alpha value is -3.49. The Morgan fingerprint density at radius 3 is 2.55 bits per heavy atom. The molecule has 1 aliphatic heterocycles. The lowest BCUT2D eigenvalue weighted by molar-refractivity contribution is -0.128. The van der Waals surface area contributed by atoms with Crippen LogP contribution in [0.4, 0.5) is 9.18 Å². The largest absolute Gasteiger partial charge is 0.444 e. The number of nitrogens with one attached hydrogen (secondary N) is 1. The summed E-state index contributed by atoms with van der Waals surface area (Å²) in [4.78, 5) is 27.5. The quantitative estimate of drug-likeness (QED) is 0.572. The van der Waals surface area contributed by atoms with Crippen LogP contribution >= 0.6 is 0 Å². The van der Waals surface area contributed by atoms with Crippen LogP contribution < -0.4 is 10.5 Å². The second-order valence-electron chi connectivity index (χ2n) is 10.8. The Bertz CT molecular complexity index is 1400. The minimum absolute atomic E-state index is 0.0176. The molecule has 1 aliphatic carbocycles. The van der Waals surface area contributed by atoms with Crippen molar-refractivity contribution in [3.63, 3.8) is 0 Å². The van der Waals surface area contributed by atoms with Crippen LogP contribution in [0.25, 0.3) is 11.1 Å². The number of amides is 2. The van der Waals surface area contributed by atoms with E-state index in [-0.39, 0.29) is 28.8 Å². The van der Waals surface area contributed by atoms with Gasteiger partial charge in [0.05, 0.1) is 11.0 Å². The number of ether oxygens (including phenoxy) is 1. The average Bonchev–Trinajstić information content (AvgIpc) is 3.45. The molecule has 1 saturated heterocycles. The number of carbonyl (C=O) groups excluding carboxylic acids is 2. The van der Waals surface area contributed by atoms with Crippen molar-refractivity contribution in [2.75, 3.05) is 0 Å². The number of rotatable bonds is 6. The molecule has 1 heterocycles. The van der Waals surface area contributed by atoms with E-state index < -0.39 is 45.5 Å². The first-order chi connectivity index (χ1) is 17.8. The van der Waals surface area contributed by atoms with E-state index in [1.807, 2.05) is 6.07 Å². The van der Waals surface area contributed by atoms with Crippen molar-refractivity contribution < 1.29 is 27.1 Å². The Morgan fingerprint density at radius 1 is 1.21 bits per heavy atom. The molecule has 202 valence electrons. The zero-order valence-electron chi connectivity index (χ0n) is 21.5. The molecule has 2 bridgehead atoms. The predicted molar refractivity (Wildman–Crippen MR) is 137 cm³/mol. The molecule has 1 saturated carbocycles. The van der Waals surface area contributed by atoms with Gasteiger partial charge in [-0.25, -0.2) is 22.7 Å². The first kappa shape index (κ1) is 27.5. The normalized spacial score (nSPS) is 21.6. The van der Waals surface area contributed by atoms with Gasteiger partial charge in [-0.15, -0.1) is 0 Å². The molecule has 4 atom stereocenters. The third-order valence-electron chi connectivity index (χ3n) is 6.90. The number of primary sulfonamides is 1. The topological polar surface area (TPSA) is 143 Å². The highest BCUT2D eigenvalue weighted by Crippen LogP contribution is 2.43. The maximum Gasteiger partial charge on any atom is 0.411 e. The van der Waals surface area contributed by atoms with Crippen LogP contribution in [0.15, 0.2) is 47.4 Å². The van der Waals surface area contributed by atoms with Crippen molar-refractivity contribution in [1.82, 2.24) is 10.2 Å². The number of carbonyl (C=O) groups is 2. The Labute approximate surface area is 221 Å². The molecule has 2 fully saturated rings. The number of nitriles is 1. The Morgan fingerprint density at radius 2 is 1.92 bits per heavy atom. The lowest BCUT2D eigenvalue weighted by Gasteiger charge is -2.35. The van der Waals surface area contributed by atoms with E-state index in [2.05, 4.69) is 5.32 Å². The number of benzene rings is 2. The van der Waals surface area contributed by atoms with Gasteiger partial charge < -0.3 is 10.1 Å². The summed E-state index contributed by atoms with van der Waals surface area (Å²) in [5.41, 5.74) is 0.397. The number of likely N-dealkylation sites (tertiary alicyclic amines) is 1. The molecule has 0 spiro atoms. The number of sulfonamides is 1. The predicted octanol–water partition coefficient (Wildman–Crippen LogP) is 3.48. The third-order valence-corrected chi connectivity index (χ3v) is 7.81. The maximum atomic E-state index is 15.0. The molecular formula is C27H31FN4O5S. The van der Waals surface area contributed by atoms with Gasteiger partial charge in [0.2, 0.25) is 15.9 Å². The molecule has 0 radical (unpaired) electrons. The summed E-state index contributed by atoms with van der Waals surface area (Å²) < 4.78 is 43.8. The van der Waals surface area contributed by atoms with Crippen molar-refractivity contribution >= 4 is 22.0 Å². The molecule has 2 aliphatic rings. The van der Waals surface area contributed by atoms with Gasteiger partial charge in [-0.05, 0) is 80.8 Å². The molecule has 3 N–H and O–H groups in total. The number of nitrogens with zero attached hydrogens (tertiary/aromatic N) is 2. The molecular weight excluding hydrogens is 511 g/mol. The first-order valence-electron chi connectivity index (χ1n) is 12.4. The molecule has 9 nitrogen and oxygen atoms in total. The summed E-state index contributed by atoms with van der Waals surface area (Å²) in [6.45, 7) is 5.28. The highest BCUT2D eigenvalue weighted by atomic mass is 32.2. The number of fused-ring (bicyclic) bond motifs is 2. The van der Waals surface area contributed by atoms with Gasteiger partial charge in [0.1, 0.15) is 23.5 Å². The summed E-state index contributed by atoms with van der Waals surface area (Å²) >= 11 is 0. The van der Waals surface area contributed by atoms with Crippen LogP contribution in [0.5, 0.6) is 0 Å². The molecule has 2 amide bonds. The van der Waals surface area contributed by atoms with Gasteiger partial charge in [-0.3, -0.25) is 9.69 Å². The lowest BCUT2D eigenvalue weighted by Crippen LogP contribution is -2.55. The molecule has 38 heavy (non-hydrogen) atoms. The van der Waals surface area contributed by atoms with Gasteiger partial charge in [-0.1, -0.05) is 24.3 Å². The highest BCUT2D eigenvalue weighted by molar-refractivity contribution is 7.89. The van der Waals surface area contributed by atoms with E-state index in [1.165, 1.54) is 35.2 Å². The zero-order chi connectivity index (χ0) is 27.8. The minimum Gasteiger partial charge on any atom is -0.444 e. The smallest absolute Gasteiger partial charge is 0.411 e. The Kier molecular flexibility index (Phi) is 7.50. The SMILES string of the molecule is CC(C)(C)OC(=O)N1C2CCC(C2)C1C(=O)NC(C#N)Cc1ccc(-c2cccc(S(N)(=O)=O)c2)cc1F. The number of nitrogens with two attached hydrogens (primary N) is 1. The van der Waals surface area contributed by atoms with E-state index in [4.69, 9.17) is 9.88 Å². The fraction of sp³-hybridized carbons (Fsp3) is 0.444. The van der Waals surface area contributed by atoms with E-state index in [9.17, 15) is 23.3 Å². The summed E-state index contributed by atoms with van der Waals surface area (Å²) in [6, 6.07) is 10.4. The molecule has 4 unspecified atom stereocenters. The van der Waals surface area contributed by atoms with Gasteiger partial charge in [0.15, 0.2) is 0 Å². The second-order valence-corrected chi connectivity index (χ2v) is 12.4. The first-order valence-corrected chi connectivity index (χ1v) is 13.9. The zero-order valence-corrected chi connectivity index (χ0v) is 22.3. The molecule has 2 aromatic carbocycles. The van der Waals surface area contributed by atoms with Crippen LogP contribution in [0, 0.1) is 23.1 Å². The van der Waals surface area contributed by atoms with Crippen molar-refractivity contribution in [2.45, 2.75) is 75.1 Å².